The van der Waals surface area contributed by atoms with Gasteiger partial charge in [-0.3, -0.25) is 4.90 Å². The van der Waals surface area contributed by atoms with Crippen molar-refractivity contribution in [3.63, 3.8) is 0 Å². The Bertz CT molecular complexity index is 1270. The van der Waals surface area contributed by atoms with Crippen molar-refractivity contribution >= 4 is 11.8 Å². The van der Waals surface area contributed by atoms with Crippen LogP contribution in [0.3, 0.4) is 0 Å². The van der Waals surface area contributed by atoms with E-state index in [9.17, 15) is 10.1 Å². The van der Waals surface area contributed by atoms with Gasteiger partial charge in [-0.1, -0.05) is 30.3 Å². The van der Waals surface area contributed by atoms with Gasteiger partial charge in [0.1, 0.15) is 23.8 Å². The van der Waals surface area contributed by atoms with Gasteiger partial charge in [0.05, 0.1) is 11.4 Å². The summed E-state index contributed by atoms with van der Waals surface area (Å²) >= 11 is 0. The normalized spacial score (nSPS) is 21.9. The number of rotatable bonds is 6. The Balaban J connectivity index is 1.43. The summed E-state index contributed by atoms with van der Waals surface area (Å²) in [6.07, 6.45) is 2.77. The summed E-state index contributed by atoms with van der Waals surface area (Å²) in [6.45, 7) is 13.5. The number of ether oxygens (including phenoxy) is 2. The number of carbonyl (C=O) groups excluding carboxylic acids is 1. The van der Waals surface area contributed by atoms with Crippen LogP contribution in [0.2, 0.25) is 0 Å². The highest BCUT2D eigenvalue weighted by Gasteiger charge is 2.35. The number of hydrogen-bond donors (Lipinski definition) is 0. The maximum absolute atomic E-state index is 12.9. The molecule has 1 aromatic carbocycles. The molecule has 2 saturated heterocycles. The van der Waals surface area contributed by atoms with Crippen molar-refractivity contribution in [3.05, 3.63) is 52.7 Å². The molecule has 2 aromatic rings. The molecule has 4 heterocycles. The number of amides is 1. The van der Waals surface area contributed by atoms with Crippen molar-refractivity contribution in [2.75, 3.05) is 51.3 Å². The molecule has 1 amide bonds. The molecule has 41 heavy (non-hydrogen) atoms. The largest absolute Gasteiger partial charge is 0.475 e. The van der Waals surface area contributed by atoms with E-state index in [1.807, 2.05) is 33.8 Å². The predicted octanol–water partition coefficient (Wildman–Crippen LogP) is 4.43. The summed E-state index contributed by atoms with van der Waals surface area (Å²) < 4.78 is 12.0. The first kappa shape index (κ1) is 29.2. The zero-order valence-corrected chi connectivity index (χ0v) is 25.2. The quantitative estimate of drug-likeness (QED) is 0.513. The number of piperazine rings is 1. The van der Waals surface area contributed by atoms with Crippen LogP contribution < -0.4 is 9.64 Å². The Kier molecular flexibility index (Phi) is 8.71. The van der Waals surface area contributed by atoms with E-state index in [1.165, 1.54) is 5.56 Å². The number of likely N-dealkylation sites (N-methyl/N-ethyl adjacent to an activating group) is 1. The summed E-state index contributed by atoms with van der Waals surface area (Å²) in [5.41, 5.74) is 4.29. The zero-order valence-electron chi connectivity index (χ0n) is 25.2. The molecule has 220 valence electrons. The lowest BCUT2D eigenvalue weighted by Crippen LogP contribution is -2.55. The fourth-order valence-corrected chi connectivity index (χ4v) is 6.24. The summed E-state index contributed by atoms with van der Waals surface area (Å²) in [5, 5.41) is 10.5. The zero-order chi connectivity index (χ0) is 29.1. The molecule has 0 radical (unpaired) electrons. The van der Waals surface area contributed by atoms with Crippen LogP contribution in [-0.2, 0) is 24.2 Å². The monoisotopic (exact) mass is 560 g/mol. The molecular weight excluding hydrogens is 516 g/mol. The second kappa shape index (κ2) is 12.3. The topological polar surface area (TPSA) is 85.2 Å². The van der Waals surface area contributed by atoms with E-state index in [0.717, 1.165) is 55.8 Å². The van der Waals surface area contributed by atoms with E-state index >= 15 is 0 Å². The average Bonchev–Trinajstić information content (AvgIpc) is 3.34. The van der Waals surface area contributed by atoms with Gasteiger partial charge in [0.15, 0.2) is 0 Å². The number of anilines is 1. The van der Waals surface area contributed by atoms with Gasteiger partial charge in [0.2, 0.25) is 5.88 Å². The van der Waals surface area contributed by atoms with Crippen LogP contribution in [0.4, 0.5) is 10.5 Å². The molecule has 3 aliphatic rings. The summed E-state index contributed by atoms with van der Waals surface area (Å²) in [7, 11) is 2.13. The SMILES string of the molecule is C[C@H]1CN(c2c(C#N)c(OC[C@@H]3CCCN3C)nc3c2CCN(Cc2ccccc2)C3)CCN1C(=O)OC(C)(C)C. The van der Waals surface area contributed by atoms with Crippen molar-refractivity contribution in [2.24, 2.45) is 0 Å². The molecule has 0 saturated carbocycles. The molecule has 9 heteroatoms. The molecule has 0 N–H and O–H groups in total. The lowest BCUT2D eigenvalue weighted by molar-refractivity contribution is 0.0159. The van der Waals surface area contributed by atoms with Gasteiger partial charge in [-0.05, 0) is 66.1 Å². The molecule has 0 aliphatic carbocycles. The predicted molar refractivity (Wildman–Crippen MR) is 159 cm³/mol. The fourth-order valence-electron chi connectivity index (χ4n) is 6.24. The molecule has 2 fully saturated rings. The van der Waals surface area contributed by atoms with Crippen LogP contribution in [0, 0.1) is 11.3 Å². The third kappa shape index (κ3) is 6.77. The van der Waals surface area contributed by atoms with Gasteiger partial charge in [0, 0.05) is 56.9 Å². The Morgan fingerprint density at radius 3 is 2.59 bits per heavy atom. The standard InChI is InChI=1S/C32H44N6O3/c1-23-19-37(16-17-38(23)31(39)41-32(2,3)4)29-26-13-15-36(20-24-10-7-6-8-11-24)21-28(26)34-30(27(29)18-33)40-22-25-12-9-14-35(25)5/h6-8,10-11,23,25H,9,12-17,19-22H2,1-5H3/t23-,25-/m0/s1. The first-order valence-corrected chi connectivity index (χ1v) is 14.9. The number of pyridine rings is 1. The average molecular weight is 561 g/mol. The number of hydrogen-bond acceptors (Lipinski definition) is 8. The third-order valence-corrected chi connectivity index (χ3v) is 8.39. The van der Waals surface area contributed by atoms with E-state index in [0.29, 0.717) is 50.3 Å². The van der Waals surface area contributed by atoms with Crippen LogP contribution in [0.15, 0.2) is 30.3 Å². The lowest BCUT2D eigenvalue weighted by Gasteiger charge is -2.43. The summed E-state index contributed by atoms with van der Waals surface area (Å²) in [6, 6.07) is 13.2. The third-order valence-electron chi connectivity index (χ3n) is 8.39. The molecule has 1 aromatic heterocycles. The Labute approximate surface area is 244 Å². The highest BCUT2D eigenvalue weighted by molar-refractivity contribution is 5.72. The minimum absolute atomic E-state index is 0.0661. The molecular formula is C32H44N6O3. The van der Waals surface area contributed by atoms with Gasteiger partial charge in [-0.15, -0.1) is 0 Å². The van der Waals surface area contributed by atoms with E-state index in [2.05, 4.69) is 52.1 Å². The van der Waals surface area contributed by atoms with E-state index in [-0.39, 0.29) is 12.1 Å². The Morgan fingerprint density at radius 2 is 1.93 bits per heavy atom. The molecule has 0 spiro atoms. The first-order valence-electron chi connectivity index (χ1n) is 14.9. The maximum atomic E-state index is 12.9. The van der Waals surface area contributed by atoms with Crippen molar-refractivity contribution in [1.82, 2.24) is 19.7 Å². The van der Waals surface area contributed by atoms with Crippen LogP contribution in [0.5, 0.6) is 5.88 Å². The number of carbonyl (C=O) groups is 1. The van der Waals surface area contributed by atoms with Crippen molar-refractivity contribution in [3.8, 4) is 11.9 Å². The van der Waals surface area contributed by atoms with Crippen molar-refractivity contribution in [1.29, 1.82) is 5.26 Å². The van der Waals surface area contributed by atoms with Crippen LogP contribution in [0.25, 0.3) is 0 Å². The number of fused-ring (bicyclic) bond motifs is 1. The smallest absolute Gasteiger partial charge is 0.410 e. The molecule has 0 bridgehead atoms. The van der Waals surface area contributed by atoms with E-state index in [4.69, 9.17) is 14.5 Å². The minimum Gasteiger partial charge on any atom is -0.475 e. The van der Waals surface area contributed by atoms with Crippen LogP contribution >= 0.6 is 0 Å². The molecule has 0 unspecified atom stereocenters. The number of benzene rings is 1. The van der Waals surface area contributed by atoms with Gasteiger partial charge in [-0.2, -0.15) is 5.26 Å². The van der Waals surface area contributed by atoms with Gasteiger partial charge >= 0.3 is 6.09 Å². The van der Waals surface area contributed by atoms with E-state index < -0.39 is 5.60 Å². The minimum atomic E-state index is -0.544. The number of nitrogens with zero attached hydrogens (tertiary/aromatic N) is 6. The first-order chi connectivity index (χ1) is 19.6. The number of aromatic nitrogens is 1. The number of likely N-dealkylation sites (tertiary alicyclic amines) is 1. The fraction of sp³-hybridized carbons (Fsp3) is 0.594. The molecule has 5 rings (SSSR count). The molecule has 9 nitrogen and oxygen atoms in total. The maximum Gasteiger partial charge on any atom is 0.410 e. The van der Waals surface area contributed by atoms with Gasteiger partial charge < -0.3 is 24.2 Å². The van der Waals surface area contributed by atoms with Gasteiger partial charge in [-0.25, -0.2) is 9.78 Å². The second-order valence-corrected chi connectivity index (χ2v) is 12.7. The molecule has 2 atom stereocenters. The summed E-state index contributed by atoms with van der Waals surface area (Å²) in [5.74, 6) is 0.435. The lowest BCUT2D eigenvalue weighted by atomic mass is 9.97. The number of nitriles is 1. The second-order valence-electron chi connectivity index (χ2n) is 12.7. The summed E-state index contributed by atoms with van der Waals surface area (Å²) in [4.78, 5) is 26.7. The van der Waals surface area contributed by atoms with Crippen LogP contribution in [-0.4, -0.2) is 89.8 Å². The van der Waals surface area contributed by atoms with Crippen LogP contribution in [0.1, 0.15) is 62.9 Å². The highest BCUT2D eigenvalue weighted by atomic mass is 16.6. The van der Waals surface area contributed by atoms with Gasteiger partial charge in [0.25, 0.3) is 0 Å². The van der Waals surface area contributed by atoms with Crippen molar-refractivity contribution < 1.29 is 14.3 Å². The van der Waals surface area contributed by atoms with E-state index in [1.54, 1.807) is 4.90 Å². The Hall–Kier alpha value is -3.35. The highest BCUT2D eigenvalue weighted by Crippen LogP contribution is 2.38. The molecule has 3 aliphatic heterocycles. The Morgan fingerprint density at radius 1 is 1.15 bits per heavy atom. The van der Waals surface area contributed by atoms with Crippen molar-refractivity contribution in [2.45, 2.75) is 77.7 Å².